The summed E-state index contributed by atoms with van der Waals surface area (Å²) < 4.78 is 0. The van der Waals surface area contributed by atoms with Gasteiger partial charge in [-0.1, -0.05) is 0 Å². The minimum atomic E-state index is 0.306. The molecule has 0 aliphatic carbocycles. The molecule has 96 valence electrons. The molecule has 1 heterocycles. The minimum Gasteiger partial charge on any atom is -0.507 e. The first-order valence-corrected chi connectivity index (χ1v) is 6.73. The number of nitriles is 1. The van der Waals surface area contributed by atoms with Crippen molar-refractivity contribution >= 4 is 23.0 Å². The van der Waals surface area contributed by atoms with Crippen molar-refractivity contribution in [3.63, 3.8) is 0 Å². The van der Waals surface area contributed by atoms with Gasteiger partial charge in [-0.2, -0.15) is 5.26 Å². The Morgan fingerprint density at radius 2 is 1.95 bits per heavy atom. The van der Waals surface area contributed by atoms with Crippen LogP contribution in [0.1, 0.15) is 27.4 Å². The fourth-order valence-corrected chi connectivity index (χ4v) is 2.62. The maximum absolute atomic E-state index is 9.75. The van der Waals surface area contributed by atoms with E-state index in [9.17, 15) is 10.4 Å². The highest BCUT2D eigenvalue weighted by Crippen LogP contribution is 2.26. The van der Waals surface area contributed by atoms with Gasteiger partial charge in [0.05, 0.1) is 5.57 Å². The van der Waals surface area contributed by atoms with E-state index < -0.39 is 0 Å². The second-order valence-electron chi connectivity index (χ2n) is 4.47. The van der Waals surface area contributed by atoms with Crippen LogP contribution in [0.25, 0.3) is 11.6 Å². The molecule has 0 saturated carbocycles. The number of benzene rings is 1. The van der Waals surface area contributed by atoms with Crippen molar-refractivity contribution in [2.45, 2.75) is 20.8 Å². The van der Waals surface area contributed by atoms with Crippen molar-refractivity contribution in [1.82, 2.24) is 4.98 Å². The second kappa shape index (κ2) is 5.25. The van der Waals surface area contributed by atoms with Gasteiger partial charge in [0.2, 0.25) is 0 Å². The van der Waals surface area contributed by atoms with Gasteiger partial charge in [-0.05, 0) is 55.7 Å². The summed E-state index contributed by atoms with van der Waals surface area (Å²) in [5.41, 5.74) is 3.97. The molecular weight excluding hydrogens is 256 g/mol. The number of hydrogen-bond donors (Lipinski definition) is 1. The normalized spacial score (nSPS) is 11.4. The van der Waals surface area contributed by atoms with Gasteiger partial charge < -0.3 is 5.11 Å². The molecule has 0 radical (unpaired) electrons. The van der Waals surface area contributed by atoms with Crippen LogP contribution in [-0.2, 0) is 0 Å². The number of aromatic hydroxyl groups is 1. The Balaban J connectivity index is 2.47. The molecule has 0 aliphatic rings. The second-order valence-corrected chi connectivity index (χ2v) is 5.33. The molecule has 0 amide bonds. The van der Waals surface area contributed by atoms with E-state index in [4.69, 9.17) is 0 Å². The molecule has 1 aromatic carbocycles. The standard InChI is InChI=1S/C15H14N2OS/c1-9-4-12(5-10(2)14(9)18)6-13(7-16)15-17-11(3)8-19-15/h4-6,8,18H,1-3H3. The molecule has 19 heavy (non-hydrogen) atoms. The minimum absolute atomic E-state index is 0.306. The van der Waals surface area contributed by atoms with Gasteiger partial charge in [0.15, 0.2) is 0 Å². The predicted octanol–water partition coefficient (Wildman–Crippen LogP) is 3.84. The van der Waals surface area contributed by atoms with E-state index >= 15 is 0 Å². The van der Waals surface area contributed by atoms with Gasteiger partial charge in [-0.3, -0.25) is 0 Å². The first-order valence-electron chi connectivity index (χ1n) is 5.85. The molecule has 3 nitrogen and oxygen atoms in total. The van der Waals surface area contributed by atoms with Crippen LogP contribution in [0.4, 0.5) is 0 Å². The SMILES string of the molecule is Cc1csc(C(C#N)=Cc2cc(C)c(O)c(C)c2)n1. The quantitative estimate of drug-likeness (QED) is 0.843. The van der Waals surface area contributed by atoms with Gasteiger partial charge in [0.1, 0.15) is 16.8 Å². The molecule has 0 aliphatic heterocycles. The van der Waals surface area contributed by atoms with E-state index in [1.807, 2.05) is 38.3 Å². The molecule has 1 N–H and O–H groups in total. The van der Waals surface area contributed by atoms with Gasteiger partial charge in [0.25, 0.3) is 0 Å². The summed E-state index contributed by atoms with van der Waals surface area (Å²) in [6.07, 6.45) is 1.80. The molecule has 0 unspecified atom stereocenters. The number of nitrogens with zero attached hydrogens (tertiary/aromatic N) is 2. The number of hydrogen-bond acceptors (Lipinski definition) is 4. The molecule has 2 aromatic rings. The van der Waals surface area contributed by atoms with Crippen LogP contribution >= 0.6 is 11.3 Å². The van der Waals surface area contributed by atoms with Gasteiger partial charge in [-0.15, -0.1) is 11.3 Å². The van der Waals surface area contributed by atoms with E-state index in [0.717, 1.165) is 27.4 Å². The third kappa shape index (κ3) is 2.83. The number of phenolic OH excluding ortho intramolecular Hbond substituents is 1. The largest absolute Gasteiger partial charge is 0.507 e. The molecule has 0 saturated heterocycles. The molecule has 1 aromatic heterocycles. The third-order valence-corrected chi connectivity index (χ3v) is 3.79. The maximum Gasteiger partial charge on any atom is 0.134 e. The Bertz CT molecular complexity index is 669. The lowest BCUT2D eigenvalue weighted by atomic mass is 10.0. The summed E-state index contributed by atoms with van der Waals surface area (Å²) in [4.78, 5) is 4.32. The maximum atomic E-state index is 9.75. The van der Waals surface area contributed by atoms with E-state index in [0.29, 0.717) is 11.3 Å². The van der Waals surface area contributed by atoms with E-state index in [2.05, 4.69) is 11.1 Å². The first kappa shape index (κ1) is 13.3. The smallest absolute Gasteiger partial charge is 0.134 e. The van der Waals surface area contributed by atoms with Crippen LogP contribution in [0, 0.1) is 32.1 Å². The van der Waals surface area contributed by atoms with Gasteiger partial charge in [0, 0.05) is 11.1 Å². The van der Waals surface area contributed by atoms with Crippen LogP contribution in [0.5, 0.6) is 5.75 Å². The highest BCUT2D eigenvalue weighted by molar-refractivity contribution is 7.11. The average Bonchev–Trinajstić information content (AvgIpc) is 2.79. The summed E-state index contributed by atoms with van der Waals surface area (Å²) in [7, 11) is 0. The monoisotopic (exact) mass is 270 g/mol. The van der Waals surface area contributed by atoms with Crippen molar-refractivity contribution in [2.75, 3.05) is 0 Å². The number of phenols is 1. The van der Waals surface area contributed by atoms with Crippen molar-refractivity contribution < 1.29 is 5.11 Å². The van der Waals surface area contributed by atoms with Crippen LogP contribution in [-0.4, -0.2) is 10.1 Å². The Hall–Kier alpha value is -2.12. The first-order chi connectivity index (χ1) is 9.01. The van der Waals surface area contributed by atoms with E-state index in [1.165, 1.54) is 11.3 Å². The molecule has 4 heteroatoms. The van der Waals surface area contributed by atoms with E-state index in [1.54, 1.807) is 6.08 Å². The number of aromatic nitrogens is 1. The van der Waals surface area contributed by atoms with Crippen molar-refractivity contribution in [1.29, 1.82) is 5.26 Å². The highest BCUT2D eigenvalue weighted by atomic mass is 32.1. The van der Waals surface area contributed by atoms with Crippen LogP contribution < -0.4 is 0 Å². The molecule has 0 spiro atoms. The zero-order valence-electron chi connectivity index (χ0n) is 11.1. The van der Waals surface area contributed by atoms with Gasteiger partial charge in [-0.25, -0.2) is 4.98 Å². The fraction of sp³-hybridized carbons (Fsp3) is 0.200. The lowest BCUT2D eigenvalue weighted by Gasteiger charge is -2.05. The summed E-state index contributed by atoms with van der Waals surface area (Å²) in [5, 5.41) is 21.6. The zero-order chi connectivity index (χ0) is 14.0. The number of aryl methyl sites for hydroxylation is 3. The van der Waals surface area contributed by atoms with Crippen LogP contribution in [0.15, 0.2) is 17.5 Å². The average molecular weight is 270 g/mol. The topological polar surface area (TPSA) is 56.9 Å². The van der Waals surface area contributed by atoms with Crippen molar-refractivity contribution in [2.24, 2.45) is 0 Å². The fourth-order valence-electron chi connectivity index (χ4n) is 1.86. The summed E-state index contributed by atoms with van der Waals surface area (Å²) in [6.45, 7) is 5.60. The molecule has 0 atom stereocenters. The lowest BCUT2D eigenvalue weighted by molar-refractivity contribution is 0.467. The van der Waals surface area contributed by atoms with Crippen LogP contribution in [0.2, 0.25) is 0 Å². The Labute approximate surface area is 116 Å². The molecule has 2 rings (SSSR count). The lowest BCUT2D eigenvalue weighted by Crippen LogP contribution is -1.85. The Morgan fingerprint density at radius 1 is 1.32 bits per heavy atom. The predicted molar refractivity (Wildman–Crippen MR) is 77.9 cm³/mol. The molecule has 0 fully saturated rings. The number of thiazole rings is 1. The van der Waals surface area contributed by atoms with E-state index in [-0.39, 0.29) is 0 Å². The third-order valence-electron chi connectivity index (χ3n) is 2.79. The van der Waals surface area contributed by atoms with Crippen molar-refractivity contribution in [3.05, 3.63) is 44.9 Å². The number of rotatable bonds is 2. The highest BCUT2D eigenvalue weighted by Gasteiger charge is 2.07. The van der Waals surface area contributed by atoms with Crippen molar-refractivity contribution in [3.8, 4) is 11.8 Å². The summed E-state index contributed by atoms with van der Waals surface area (Å²) in [6, 6.07) is 5.90. The molecular formula is C15H14N2OS. The summed E-state index contributed by atoms with van der Waals surface area (Å²) in [5.74, 6) is 0.306. The zero-order valence-corrected chi connectivity index (χ0v) is 11.9. The van der Waals surface area contributed by atoms with Crippen LogP contribution in [0.3, 0.4) is 0 Å². The summed E-state index contributed by atoms with van der Waals surface area (Å²) >= 11 is 1.46. The molecule has 0 bridgehead atoms. The Kier molecular flexibility index (Phi) is 3.68. The number of allylic oxidation sites excluding steroid dienone is 1. The Morgan fingerprint density at radius 3 is 2.42 bits per heavy atom. The van der Waals surface area contributed by atoms with Gasteiger partial charge >= 0.3 is 0 Å².